The zero-order valence-electron chi connectivity index (χ0n) is 11.0. The molecule has 0 rings (SSSR count). The van der Waals surface area contributed by atoms with E-state index in [1.807, 2.05) is 0 Å². The first-order valence-corrected chi connectivity index (χ1v) is 11.3. The minimum absolute atomic E-state index is 1.30. The van der Waals surface area contributed by atoms with Crippen molar-refractivity contribution in [2.75, 3.05) is 42.3 Å². The Balaban J connectivity index is 4.76. The average molecular weight is 308 g/mol. The van der Waals surface area contributed by atoms with E-state index in [1.54, 1.807) is 0 Å². The fourth-order valence-corrected chi connectivity index (χ4v) is 15.3. The number of rotatable bonds is 6. The summed E-state index contributed by atoms with van der Waals surface area (Å²) >= 11 is -2.37. The molecule has 0 aromatic carbocycles. The monoisotopic (exact) mass is 309 g/mol. The summed E-state index contributed by atoms with van der Waals surface area (Å²) in [6, 6.07) is 0. The van der Waals surface area contributed by atoms with Gasteiger partial charge in [0.15, 0.2) is 0 Å². The molecule has 86 valence electrons. The molecule has 4 heteroatoms. The van der Waals surface area contributed by atoms with Crippen molar-refractivity contribution in [3.05, 3.63) is 0 Å². The van der Waals surface area contributed by atoms with Crippen LogP contribution in [0.3, 0.4) is 0 Å². The second-order valence-corrected chi connectivity index (χ2v) is 18.1. The summed E-state index contributed by atoms with van der Waals surface area (Å²) in [4.78, 5) is 0. The summed E-state index contributed by atoms with van der Waals surface area (Å²) in [5, 5.41) is 0. The molecule has 0 bridgehead atoms. The first-order valence-electron chi connectivity index (χ1n) is 5.41. The molecular weight excluding hydrogens is 281 g/mol. The van der Waals surface area contributed by atoms with Crippen LogP contribution in [0.4, 0.5) is 0 Å². The molecule has 14 heavy (non-hydrogen) atoms. The van der Waals surface area contributed by atoms with Crippen LogP contribution < -0.4 is 0 Å². The van der Waals surface area contributed by atoms with Crippen molar-refractivity contribution in [2.24, 2.45) is 0 Å². The first-order chi connectivity index (χ1) is 6.39. The third-order valence-electron chi connectivity index (χ3n) is 3.01. The number of unbranched alkanes of at least 4 members (excludes halogenated alkanes) is 1. The van der Waals surface area contributed by atoms with E-state index in [-0.39, 0.29) is 0 Å². The molecule has 0 saturated carbocycles. The molecule has 0 fully saturated rings. The van der Waals surface area contributed by atoms with Gasteiger partial charge in [-0.3, -0.25) is 0 Å². The van der Waals surface area contributed by atoms with Crippen LogP contribution in [0.15, 0.2) is 0 Å². The first kappa shape index (κ1) is 14.7. The Bertz CT molecular complexity index is 136. The van der Waals surface area contributed by atoms with Crippen LogP contribution in [-0.4, -0.2) is 70.8 Å². The van der Waals surface area contributed by atoms with Crippen molar-refractivity contribution in [1.29, 1.82) is 0 Å². The van der Waals surface area contributed by atoms with Crippen molar-refractivity contribution in [3.8, 4) is 0 Å². The maximum absolute atomic E-state index is 2.50. The Hall–Kier alpha value is 0.679. The maximum atomic E-state index is 2.50. The zero-order chi connectivity index (χ0) is 11.4. The van der Waals surface area contributed by atoms with Crippen LogP contribution >= 0.6 is 0 Å². The fourth-order valence-electron chi connectivity index (χ4n) is 2.28. The van der Waals surface area contributed by atoms with Crippen molar-refractivity contribution in [2.45, 2.75) is 24.2 Å². The van der Waals surface area contributed by atoms with Gasteiger partial charge in [0.25, 0.3) is 0 Å². The van der Waals surface area contributed by atoms with Crippen LogP contribution in [0.1, 0.15) is 19.8 Å². The number of hydrogen-bond acceptors (Lipinski definition) is 3. The van der Waals surface area contributed by atoms with E-state index in [1.165, 1.54) is 17.3 Å². The van der Waals surface area contributed by atoms with E-state index in [0.29, 0.717) is 0 Å². The standard InChI is InChI=1S/C4H9.3C2H6N.Sn/c1-3-4-2;3*1-3-2;/h1,3-4H2,2H3;3*1-2H3;/q;3*-1;+3. The second kappa shape index (κ2) is 6.30. The van der Waals surface area contributed by atoms with Crippen LogP contribution in [0.2, 0.25) is 4.44 Å². The minimum atomic E-state index is -2.37. The molecule has 0 aliphatic heterocycles. The molecule has 0 radical (unpaired) electrons. The zero-order valence-corrected chi connectivity index (χ0v) is 13.8. The quantitative estimate of drug-likeness (QED) is 0.687. The molecule has 0 atom stereocenters. The third-order valence-corrected chi connectivity index (χ3v) is 18.2. The van der Waals surface area contributed by atoms with E-state index < -0.39 is 19.2 Å². The van der Waals surface area contributed by atoms with E-state index in [2.05, 4.69) is 58.6 Å². The topological polar surface area (TPSA) is 9.72 Å². The molecule has 0 saturated heterocycles. The van der Waals surface area contributed by atoms with Crippen LogP contribution in [0, 0.1) is 0 Å². The Morgan fingerprint density at radius 2 is 1.14 bits per heavy atom. The molecule has 0 unspecified atom stereocenters. The molecule has 0 aromatic rings. The molecular formula is C10H27N3Sn. The van der Waals surface area contributed by atoms with Gasteiger partial charge in [-0.1, -0.05) is 0 Å². The van der Waals surface area contributed by atoms with Gasteiger partial charge in [-0.05, 0) is 0 Å². The Morgan fingerprint density at radius 1 is 0.786 bits per heavy atom. The number of hydrogen-bond donors (Lipinski definition) is 0. The van der Waals surface area contributed by atoms with Crippen molar-refractivity contribution >= 4 is 19.2 Å². The van der Waals surface area contributed by atoms with Crippen LogP contribution in [0.5, 0.6) is 0 Å². The Morgan fingerprint density at radius 3 is 1.36 bits per heavy atom. The summed E-state index contributed by atoms with van der Waals surface area (Å²) in [5.41, 5.74) is 0. The summed E-state index contributed by atoms with van der Waals surface area (Å²) in [6.45, 7) is 2.28. The van der Waals surface area contributed by atoms with Gasteiger partial charge < -0.3 is 0 Å². The molecule has 0 aromatic heterocycles. The normalized spacial score (nSPS) is 13.3. The summed E-state index contributed by atoms with van der Waals surface area (Å²) in [7, 11) is 13.5. The Kier molecular flexibility index (Phi) is 6.61. The summed E-state index contributed by atoms with van der Waals surface area (Å²) < 4.78 is 8.90. The molecule has 0 aliphatic carbocycles. The van der Waals surface area contributed by atoms with Gasteiger partial charge in [-0.2, -0.15) is 0 Å². The van der Waals surface area contributed by atoms with Gasteiger partial charge in [-0.25, -0.2) is 0 Å². The van der Waals surface area contributed by atoms with Crippen LogP contribution in [0.25, 0.3) is 0 Å². The molecule has 3 nitrogen and oxygen atoms in total. The second-order valence-electron chi connectivity index (χ2n) is 4.56. The summed E-state index contributed by atoms with van der Waals surface area (Å²) in [6.07, 6.45) is 2.65. The Labute approximate surface area is 95.0 Å². The van der Waals surface area contributed by atoms with E-state index in [4.69, 9.17) is 0 Å². The van der Waals surface area contributed by atoms with E-state index in [9.17, 15) is 0 Å². The van der Waals surface area contributed by atoms with Gasteiger partial charge >= 0.3 is 95.0 Å². The predicted molar refractivity (Wildman–Crippen MR) is 66.5 cm³/mol. The van der Waals surface area contributed by atoms with Gasteiger partial charge in [0.2, 0.25) is 0 Å². The van der Waals surface area contributed by atoms with Crippen molar-refractivity contribution in [1.82, 2.24) is 9.36 Å². The SMILES string of the molecule is CCC[CH2][Sn]([N](C)C)([N](C)C)[N](C)C. The van der Waals surface area contributed by atoms with Gasteiger partial charge in [0.05, 0.1) is 0 Å². The summed E-state index contributed by atoms with van der Waals surface area (Å²) in [5.74, 6) is 0. The van der Waals surface area contributed by atoms with Crippen molar-refractivity contribution < 1.29 is 0 Å². The molecule has 0 spiro atoms. The van der Waals surface area contributed by atoms with E-state index in [0.717, 1.165) is 0 Å². The van der Waals surface area contributed by atoms with Crippen molar-refractivity contribution in [3.63, 3.8) is 0 Å². The van der Waals surface area contributed by atoms with Gasteiger partial charge in [-0.15, -0.1) is 0 Å². The van der Waals surface area contributed by atoms with Gasteiger partial charge in [0, 0.05) is 0 Å². The molecule has 0 heterocycles. The van der Waals surface area contributed by atoms with Gasteiger partial charge in [0.1, 0.15) is 0 Å². The van der Waals surface area contributed by atoms with Crippen LogP contribution in [-0.2, 0) is 0 Å². The molecule has 0 aliphatic rings. The predicted octanol–water partition coefficient (Wildman–Crippen LogP) is 1.41. The molecule has 0 N–H and O–H groups in total. The molecule has 0 amide bonds. The fraction of sp³-hybridized carbons (Fsp3) is 1.00. The average Bonchev–Trinajstić information content (AvgIpc) is 2.03. The third kappa shape index (κ3) is 3.08. The van der Waals surface area contributed by atoms with E-state index >= 15 is 0 Å². The number of nitrogens with zero attached hydrogens (tertiary/aromatic N) is 3.